The minimum atomic E-state index is -0.00574. The Labute approximate surface area is 110 Å². The van der Waals surface area contributed by atoms with Crippen LogP contribution in [0.1, 0.15) is 23.0 Å². The predicted octanol–water partition coefficient (Wildman–Crippen LogP) is 2.13. The Balaban J connectivity index is 2.17. The molecular weight excluding hydrogens is 284 g/mol. The number of hydrogen-bond acceptors (Lipinski definition) is 3. The van der Waals surface area contributed by atoms with E-state index in [4.69, 9.17) is 4.42 Å². The summed E-state index contributed by atoms with van der Waals surface area (Å²) in [6.45, 7) is 6.54. The van der Waals surface area contributed by atoms with E-state index >= 15 is 0 Å². The number of hydrogen-bond donors (Lipinski definition) is 0. The zero-order chi connectivity index (χ0) is 12.6. The topological polar surface area (TPSA) is 36.7 Å². The van der Waals surface area contributed by atoms with E-state index in [9.17, 15) is 4.79 Å². The molecule has 2 rings (SSSR count). The smallest absolute Gasteiger partial charge is 0.290 e. The highest BCUT2D eigenvalue weighted by Crippen LogP contribution is 2.22. The summed E-state index contributed by atoms with van der Waals surface area (Å²) in [4.78, 5) is 16.5. The molecule has 1 fully saturated rings. The highest BCUT2D eigenvalue weighted by molar-refractivity contribution is 9.10. The maximum atomic E-state index is 12.3. The predicted molar refractivity (Wildman–Crippen MR) is 69.1 cm³/mol. The SMILES string of the molecule is Cc1cc(Br)oc1C(=O)N1CCN(C)C[C@H]1C. The molecule has 0 unspecified atom stereocenters. The Morgan fingerprint density at radius 3 is 2.76 bits per heavy atom. The lowest BCUT2D eigenvalue weighted by Gasteiger charge is -2.37. The van der Waals surface area contributed by atoms with Gasteiger partial charge in [-0.15, -0.1) is 0 Å². The van der Waals surface area contributed by atoms with Crippen LogP contribution in [0.4, 0.5) is 0 Å². The molecule has 94 valence electrons. The summed E-state index contributed by atoms with van der Waals surface area (Å²) >= 11 is 3.25. The van der Waals surface area contributed by atoms with Crippen molar-refractivity contribution < 1.29 is 9.21 Å². The lowest BCUT2D eigenvalue weighted by molar-refractivity contribution is 0.0500. The lowest BCUT2D eigenvalue weighted by Crippen LogP contribution is -2.52. The Morgan fingerprint density at radius 2 is 2.24 bits per heavy atom. The molecule has 0 aliphatic carbocycles. The van der Waals surface area contributed by atoms with Crippen molar-refractivity contribution in [2.24, 2.45) is 0 Å². The first-order valence-corrected chi connectivity index (χ1v) is 6.54. The third-order valence-electron chi connectivity index (χ3n) is 3.17. The molecule has 1 amide bonds. The average Bonchev–Trinajstić information content (AvgIpc) is 2.57. The maximum absolute atomic E-state index is 12.3. The molecule has 0 saturated carbocycles. The molecular formula is C12H17BrN2O2. The number of carbonyl (C=O) groups is 1. The van der Waals surface area contributed by atoms with Crippen molar-refractivity contribution >= 4 is 21.8 Å². The molecule has 17 heavy (non-hydrogen) atoms. The van der Waals surface area contributed by atoms with E-state index < -0.39 is 0 Å². The molecule has 1 aliphatic rings. The van der Waals surface area contributed by atoms with Gasteiger partial charge in [-0.25, -0.2) is 0 Å². The fourth-order valence-corrected chi connectivity index (χ4v) is 2.73. The van der Waals surface area contributed by atoms with Gasteiger partial charge in [-0.2, -0.15) is 0 Å². The number of furan rings is 1. The number of rotatable bonds is 1. The van der Waals surface area contributed by atoms with Gasteiger partial charge in [0.2, 0.25) is 0 Å². The molecule has 1 saturated heterocycles. The van der Waals surface area contributed by atoms with Crippen LogP contribution in [0.2, 0.25) is 0 Å². The molecule has 5 heteroatoms. The quantitative estimate of drug-likeness (QED) is 0.797. The first-order chi connectivity index (χ1) is 7.99. The van der Waals surface area contributed by atoms with Crippen LogP contribution in [0.25, 0.3) is 0 Å². The number of amides is 1. The molecule has 0 N–H and O–H groups in total. The van der Waals surface area contributed by atoms with E-state index in [2.05, 4.69) is 34.8 Å². The first-order valence-electron chi connectivity index (χ1n) is 5.74. The number of carbonyl (C=O) groups excluding carboxylic acids is 1. The summed E-state index contributed by atoms with van der Waals surface area (Å²) in [6, 6.07) is 2.05. The summed E-state index contributed by atoms with van der Waals surface area (Å²) < 4.78 is 6.03. The van der Waals surface area contributed by atoms with Crippen molar-refractivity contribution in [2.75, 3.05) is 26.7 Å². The zero-order valence-electron chi connectivity index (χ0n) is 10.4. The van der Waals surface area contributed by atoms with Crippen LogP contribution in [0, 0.1) is 6.92 Å². The number of likely N-dealkylation sites (N-methyl/N-ethyl adjacent to an activating group) is 1. The van der Waals surface area contributed by atoms with Crippen LogP contribution in [0.15, 0.2) is 15.2 Å². The van der Waals surface area contributed by atoms with Gasteiger partial charge < -0.3 is 14.2 Å². The van der Waals surface area contributed by atoms with Crippen LogP contribution in [-0.4, -0.2) is 48.4 Å². The third kappa shape index (κ3) is 2.55. The summed E-state index contributed by atoms with van der Waals surface area (Å²) in [5, 5.41) is 0. The van der Waals surface area contributed by atoms with E-state index in [1.807, 2.05) is 17.9 Å². The highest BCUT2D eigenvalue weighted by Gasteiger charge is 2.29. The van der Waals surface area contributed by atoms with Crippen LogP contribution in [0.3, 0.4) is 0 Å². The van der Waals surface area contributed by atoms with E-state index in [1.165, 1.54) is 0 Å². The Hall–Kier alpha value is -0.810. The van der Waals surface area contributed by atoms with Crippen molar-refractivity contribution in [1.29, 1.82) is 0 Å². The van der Waals surface area contributed by atoms with Crippen molar-refractivity contribution in [2.45, 2.75) is 19.9 Å². The minimum Gasteiger partial charge on any atom is -0.444 e. The fraction of sp³-hybridized carbons (Fsp3) is 0.583. The summed E-state index contributed by atoms with van der Waals surface area (Å²) in [5.74, 6) is 0.446. The number of aryl methyl sites for hydroxylation is 1. The van der Waals surface area contributed by atoms with Gasteiger partial charge >= 0.3 is 0 Å². The maximum Gasteiger partial charge on any atom is 0.290 e. The van der Waals surface area contributed by atoms with Crippen molar-refractivity contribution in [3.8, 4) is 0 Å². The number of piperazine rings is 1. The standard InChI is InChI=1S/C12H17BrN2O2/c1-8-6-10(13)17-11(8)12(16)15-5-4-14(3)7-9(15)2/h6,9H,4-5,7H2,1-3H3/t9-/m1/s1. The van der Waals surface area contributed by atoms with Gasteiger partial charge in [0.25, 0.3) is 5.91 Å². The van der Waals surface area contributed by atoms with E-state index in [0.29, 0.717) is 10.4 Å². The van der Waals surface area contributed by atoms with E-state index in [0.717, 1.165) is 25.2 Å². The molecule has 0 radical (unpaired) electrons. The summed E-state index contributed by atoms with van der Waals surface area (Å²) in [7, 11) is 2.08. The molecule has 0 spiro atoms. The van der Waals surface area contributed by atoms with Crippen molar-refractivity contribution in [3.05, 3.63) is 22.1 Å². The molecule has 4 nitrogen and oxygen atoms in total. The van der Waals surface area contributed by atoms with Gasteiger partial charge in [-0.05, 0) is 42.9 Å². The molecule has 1 aromatic rings. The third-order valence-corrected chi connectivity index (χ3v) is 3.56. The molecule has 1 atom stereocenters. The van der Waals surface area contributed by atoms with E-state index in [-0.39, 0.29) is 11.9 Å². The van der Waals surface area contributed by atoms with Crippen molar-refractivity contribution in [1.82, 2.24) is 9.80 Å². The van der Waals surface area contributed by atoms with Gasteiger partial charge in [-0.3, -0.25) is 4.79 Å². The summed E-state index contributed by atoms with van der Waals surface area (Å²) in [5.41, 5.74) is 0.882. The van der Waals surface area contributed by atoms with Crippen LogP contribution in [-0.2, 0) is 0 Å². The molecule has 1 aliphatic heterocycles. The van der Waals surface area contributed by atoms with Gasteiger partial charge in [0.15, 0.2) is 10.4 Å². The first kappa shape index (κ1) is 12.6. The molecule has 0 aromatic carbocycles. The fourth-order valence-electron chi connectivity index (χ4n) is 2.23. The minimum absolute atomic E-state index is 0.00574. The van der Waals surface area contributed by atoms with Crippen LogP contribution >= 0.6 is 15.9 Å². The zero-order valence-corrected chi connectivity index (χ0v) is 12.0. The van der Waals surface area contributed by atoms with Gasteiger partial charge in [0.1, 0.15) is 0 Å². The average molecular weight is 301 g/mol. The van der Waals surface area contributed by atoms with Crippen LogP contribution in [0.5, 0.6) is 0 Å². The van der Waals surface area contributed by atoms with Crippen molar-refractivity contribution in [3.63, 3.8) is 0 Å². The second-order valence-corrected chi connectivity index (χ2v) is 5.45. The van der Waals surface area contributed by atoms with Gasteiger partial charge in [0.05, 0.1) is 0 Å². The second-order valence-electron chi connectivity index (χ2n) is 4.67. The van der Waals surface area contributed by atoms with Gasteiger partial charge in [-0.1, -0.05) is 0 Å². The Morgan fingerprint density at radius 1 is 1.53 bits per heavy atom. The monoisotopic (exact) mass is 300 g/mol. The second kappa shape index (κ2) is 4.82. The Kier molecular flexibility index (Phi) is 3.58. The highest BCUT2D eigenvalue weighted by atomic mass is 79.9. The van der Waals surface area contributed by atoms with E-state index in [1.54, 1.807) is 0 Å². The number of nitrogens with zero attached hydrogens (tertiary/aromatic N) is 2. The molecule has 1 aromatic heterocycles. The number of halogens is 1. The normalized spacial score (nSPS) is 21.9. The summed E-state index contributed by atoms with van der Waals surface area (Å²) in [6.07, 6.45) is 0. The van der Waals surface area contributed by atoms with Gasteiger partial charge in [0, 0.05) is 31.2 Å². The molecule has 2 heterocycles. The molecule has 0 bridgehead atoms. The Bertz CT molecular complexity index is 430. The van der Waals surface area contributed by atoms with Crippen LogP contribution < -0.4 is 0 Å². The largest absolute Gasteiger partial charge is 0.444 e. The lowest BCUT2D eigenvalue weighted by atomic mass is 10.1.